The Hall–Kier alpha value is -1.26. The molecule has 1 aliphatic heterocycles. The second kappa shape index (κ2) is 4.51. The van der Waals surface area contributed by atoms with Crippen molar-refractivity contribution >= 4 is 0 Å². The van der Waals surface area contributed by atoms with Gasteiger partial charge in [0.2, 0.25) is 0 Å². The Balaban J connectivity index is 2.28. The largest absolute Gasteiger partial charge is 0.497 e. The summed E-state index contributed by atoms with van der Waals surface area (Å²) in [6.45, 7) is 1.88. The van der Waals surface area contributed by atoms with Gasteiger partial charge in [0, 0.05) is 25.1 Å². The fourth-order valence-corrected chi connectivity index (χ4v) is 1.76. The Labute approximate surface area is 89.5 Å². The molecule has 0 aromatic heterocycles. The van der Waals surface area contributed by atoms with E-state index in [1.165, 1.54) is 5.56 Å². The molecule has 4 nitrogen and oxygen atoms in total. The third-order valence-corrected chi connectivity index (χ3v) is 2.67. The van der Waals surface area contributed by atoms with Crippen molar-refractivity contribution < 1.29 is 9.47 Å². The Kier molecular flexibility index (Phi) is 3.08. The first kappa shape index (κ1) is 10.3. The monoisotopic (exact) mass is 208 g/mol. The van der Waals surface area contributed by atoms with Crippen molar-refractivity contribution in [3.8, 4) is 11.5 Å². The van der Waals surface area contributed by atoms with Crippen LogP contribution >= 0.6 is 0 Å². The van der Waals surface area contributed by atoms with Crippen LogP contribution in [0.3, 0.4) is 0 Å². The maximum Gasteiger partial charge on any atom is 0.122 e. The van der Waals surface area contributed by atoms with Crippen LogP contribution in [-0.2, 0) is 0 Å². The summed E-state index contributed by atoms with van der Waals surface area (Å²) in [5, 5.41) is 0. The number of benzene rings is 1. The number of ether oxygens (including phenoxy) is 2. The number of methoxy groups -OCH3 is 2. The quantitative estimate of drug-likeness (QED) is 0.774. The lowest BCUT2D eigenvalue weighted by Gasteiger charge is -2.12. The van der Waals surface area contributed by atoms with Gasteiger partial charge in [-0.25, -0.2) is 0 Å². The molecule has 0 radical (unpaired) electrons. The average Bonchev–Trinajstić information content (AvgIpc) is 2.81. The molecule has 0 amide bonds. The van der Waals surface area contributed by atoms with E-state index in [2.05, 4.69) is 23.0 Å². The zero-order valence-electron chi connectivity index (χ0n) is 9.04. The molecule has 1 fully saturated rings. The zero-order valence-corrected chi connectivity index (χ0v) is 9.04. The van der Waals surface area contributed by atoms with Gasteiger partial charge in [-0.15, -0.1) is 0 Å². The van der Waals surface area contributed by atoms with E-state index in [0.717, 1.165) is 24.6 Å². The molecule has 1 aromatic rings. The van der Waals surface area contributed by atoms with Crippen molar-refractivity contribution in [3.63, 3.8) is 0 Å². The number of hydrazine groups is 1. The van der Waals surface area contributed by atoms with Crippen LogP contribution in [0.2, 0.25) is 0 Å². The van der Waals surface area contributed by atoms with E-state index in [0.29, 0.717) is 5.92 Å². The maximum absolute atomic E-state index is 5.24. The molecule has 0 bridgehead atoms. The van der Waals surface area contributed by atoms with Crippen LogP contribution in [0.5, 0.6) is 11.5 Å². The summed E-state index contributed by atoms with van der Waals surface area (Å²) >= 11 is 0. The van der Waals surface area contributed by atoms with Crippen LogP contribution in [0.25, 0.3) is 0 Å². The Bertz CT molecular complexity index is 313. The standard InChI is InChI=1S/C11H16N2O2/c1-14-10-3-8(4-11(5-10)15-2)9-6-12-13-7-9/h3-5,9,12-13H,6-7H2,1-2H3. The van der Waals surface area contributed by atoms with Crippen LogP contribution in [-0.4, -0.2) is 27.3 Å². The highest BCUT2D eigenvalue weighted by Gasteiger charge is 2.17. The van der Waals surface area contributed by atoms with Crippen molar-refractivity contribution in [2.75, 3.05) is 27.3 Å². The van der Waals surface area contributed by atoms with E-state index in [-0.39, 0.29) is 0 Å². The smallest absolute Gasteiger partial charge is 0.122 e. The lowest BCUT2D eigenvalue weighted by Crippen LogP contribution is -2.21. The third kappa shape index (κ3) is 2.22. The predicted molar refractivity (Wildman–Crippen MR) is 58.3 cm³/mol. The second-order valence-corrected chi connectivity index (χ2v) is 3.60. The Morgan fingerprint density at radius 3 is 2.00 bits per heavy atom. The first-order chi connectivity index (χ1) is 7.33. The molecule has 82 valence electrons. The van der Waals surface area contributed by atoms with E-state index >= 15 is 0 Å². The van der Waals surface area contributed by atoms with Crippen LogP contribution in [0, 0.1) is 0 Å². The van der Waals surface area contributed by atoms with Gasteiger partial charge in [0.25, 0.3) is 0 Å². The summed E-state index contributed by atoms with van der Waals surface area (Å²) in [4.78, 5) is 0. The van der Waals surface area contributed by atoms with Gasteiger partial charge in [0.05, 0.1) is 14.2 Å². The minimum atomic E-state index is 0.481. The van der Waals surface area contributed by atoms with E-state index in [4.69, 9.17) is 9.47 Å². The summed E-state index contributed by atoms with van der Waals surface area (Å²) in [7, 11) is 3.34. The molecule has 1 saturated heterocycles. The summed E-state index contributed by atoms with van der Waals surface area (Å²) < 4.78 is 10.5. The lowest BCUT2D eigenvalue weighted by molar-refractivity contribution is 0.393. The number of hydrogen-bond donors (Lipinski definition) is 2. The number of nitrogens with one attached hydrogen (secondary N) is 2. The van der Waals surface area contributed by atoms with Gasteiger partial charge >= 0.3 is 0 Å². The summed E-state index contributed by atoms with van der Waals surface area (Å²) in [6.07, 6.45) is 0. The van der Waals surface area contributed by atoms with Gasteiger partial charge in [0.1, 0.15) is 11.5 Å². The van der Waals surface area contributed by atoms with E-state index in [1.807, 2.05) is 6.07 Å². The van der Waals surface area contributed by atoms with Crippen molar-refractivity contribution in [2.45, 2.75) is 5.92 Å². The molecule has 1 heterocycles. The van der Waals surface area contributed by atoms with Crippen LogP contribution in [0.1, 0.15) is 11.5 Å². The Morgan fingerprint density at radius 1 is 1.00 bits per heavy atom. The van der Waals surface area contributed by atoms with Gasteiger partial charge < -0.3 is 9.47 Å². The lowest BCUT2D eigenvalue weighted by atomic mass is 10.00. The van der Waals surface area contributed by atoms with Crippen molar-refractivity contribution in [2.24, 2.45) is 0 Å². The molecule has 4 heteroatoms. The highest BCUT2D eigenvalue weighted by molar-refractivity contribution is 5.40. The minimum absolute atomic E-state index is 0.481. The number of hydrogen-bond acceptors (Lipinski definition) is 4. The van der Waals surface area contributed by atoms with Gasteiger partial charge in [-0.3, -0.25) is 10.9 Å². The topological polar surface area (TPSA) is 42.5 Å². The van der Waals surface area contributed by atoms with Gasteiger partial charge in [0.15, 0.2) is 0 Å². The van der Waals surface area contributed by atoms with Crippen molar-refractivity contribution in [1.29, 1.82) is 0 Å². The fraction of sp³-hybridized carbons (Fsp3) is 0.455. The third-order valence-electron chi connectivity index (χ3n) is 2.67. The molecule has 15 heavy (non-hydrogen) atoms. The highest BCUT2D eigenvalue weighted by atomic mass is 16.5. The van der Waals surface area contributed by atoms with Crippen LogP contribution in [0.15, 0.2) is 18.2 Å². The molecule has 1 aliphatic rings. The minimum Gasteiger partial charge on any atom is -0.497 e. The van der Waals surface area contributed by atoms with Gasteiger partial charge in [-0.05, 0) is 17.7 Å². The van der Waals surface area contributed by atoms with Crippen molar-refractivity contribution in [3.05, 3.63) is 23.8 Å². The normalized spacial score (nSPS) is 16.7. The predicted octanol–water partition coefficient (Wildman–Crippen LogP) is 0.895. The summed E-state index contributed by atoms with van der Waals surface area (Å²) in [5.41, 5.74) is 7.47. The molecule has 0 saturated carbocycles. The molecular weight excluding hydrogens is 192 g/mol. The van der Waals surface area contributed by atoms with E-state index in [1.54, 1.807) is 14.2 Å². The van der Waals surface area contributed by atoms with Crippen LogP contribution < -0.4 is 20.3 Å². The summed E-state index contributed by atoms with van der Waals surface area (Å²) in [5.74, 6) is 2.17. The number of rotatable bonds is 3. The van der Waals surface area contributed by atoms with Crippen molar-refractivity contribution in [1.82, 2.24) is 10.9 Å². The maximum atomic E-state index is 5.24. The Morgan fingerprint density at radius 2 is 1.53 bits per heavy atom. The van der Waals surface area contributed by atoms with Gasteiger partial charge in [-0.1, -0.05) is 0 Å². The van der Waals surface area contributed by atoms with Gasteiger partial charge in [-0.2, -0.15) is 0 Å². The molecule has 2 rings (SSSR count). The molecule has 0 unspecified atom stereocenters. The highest BCUT2D eigenvalue weighted by Crippen LogP contribution is 2.27. The van der Waals surface area contributed by atoms with E-state index < -0.39 is 0 Å². The molecule has 0 aliphatic carbocycles. The second-order valence-electron chi connectivity index (χ2n) is 3.60. The molecule has 0 spiro atoms. The molecular formula is C11H16N2O2. The fourth-order valence-electron chi connectivity index (χ4n) is 1.76. The first-order valence-electron chi connectivity index (χ1n) is 5.02. The first-order valence-corrected chi connectivity index (χ1v) is 5.02. The molecule has 1 aromatic carbocycles. The van der Waals surface area contributed by atoms with Crippen LogP contribution in [0.4, 0.5) is 0 Å². The van der Waals surface area contributed by atoms with E-state index in [9.17, 15) is 0 Å². The summed E-state index contributed by atoms with van der Waals surface area (Å²) in [6, 6.07) is 6.00. The molecule has 0 atom stereocenters. The average molecular weight is 208 g/mol. The molecule has 2 N–H and O–H groups in total. The zero-order chi connectivity index (χ0) is 10.7. The SMILES string of the molecule is COc1cc(OC)cc(C2CNNC2)c1.